The quantitative estimate of drug-likeness (QED) is 0.754. The van der Waals surface area contributed by atoms with Gasteiger partial charge in [-0.05, 0) is 19.3 Å². The minimum Gasteiger partial charge on any atom is -0.394 e. The lowest BCUT2D eigenvalue weighted by atomic mass is 9.90. The highest BCUT2D eigenvalue weighted by Crippen LogP contribution is 2.22. The van der Waals surface area contributed by atoms with Gasteiger partial charge in [0.25, 0.3) is 0 Å². The van der Waals surface area contributed by atoms with Crippen LogP contribution in [0, 0.1) is 5.41 Å². The summed E-state index contributed by atoms with van der Waals surface area (Å²) in [4.78, 5) is 13.4. The molecule has 0 atom stereocenters. The molecule has 1 N–H and O–H groups in total. The number of carbonyl (C=O) groups is 1. The molecule has 0 aromatic heterocycles. The lowest BCUT2D eigenvalue weighted by Gasteiger charge is -2.35. The third-order valence-corrected chi connectivity index (χ3v) is 2.35. The maximum atomic E-state index is 11.8. The van der Waals surface area contributed by atoms with E-state index >= 15 is 0 Å². The summed E-state index contributed by atoms with van der Waals surface area (Å²) in [7, 11) is 1.74. The molecule has 0 spiro atoms. The van der Waals surface area contributed by atoms with Crippen molar-refractivity contribution < 1.29 is 9.90 Å². The van der Waals surface area contributed by atoms with Crippen LogP contribution in [0.5, 0.6) is 0 Å². The highest BCUT2D eigenvalue weighted by molar-refractivity contribution is 5.77. The first-order valence-corrected chi connectivity index (χ1v) is 4.98. The van der Waals surface area contributed by atoms with E-state index in [0.717, 1.165) is 0 Å². The maximum Gasteiger partial charge on any atom is 0.223 e. The molecule has 0 aliphatic rings. The van der Waals surface area contributed by atoms with E-state index in [1.807, 2.05) is 34.6 Å². The van der Waals surface area contributed by atoms with E-state index < -0.39 is 5.54 Å². The summed E-state index contributed by atoms with van der Waals surface area (Å²) in [5.74, 6) is 0.0801. The summed E-state index contributed by atoms with van der Waals surface area (Å²) in [5, 5.41) is 9.12. The van der Waals surface area contributed by atoms with Gasteiger partial charge in [0.05, 0.1) is 12.1 Å². The minimum atomic E-state index is -0.470. The molecule has 3 nitrogen and oxygen atoms in total. The van der Waals surface area contributed by atoms with Crippen molar-refractivity contribution in [2.45, 2.75) is 46.6 Å². The number of aliphatic hydroxyl groups is 1. The zero-order chi connectivity index (χ0) is 11.6. The summed E-state index contributed by atoms with van der Waals surface area (Å²) in [6.45, 7) is 9.79. The van der Waals surface area contributed by atoms with E-state index in [9.17, 15) is 4.79 Å². The monoisotopic (exact) mass is 201 g/mol. The molecule has 0 saturated carbocycles. The zero-order valence-corrected chi connectivity index (χ0v) is 10.2. The van der Waals surface area contributed by atoms with Gasteiger partial charge in [0.1, 0.15) is 0 Å². The maximum absolute atomic E-state index is 11.8. The molecule has 0 heterocycles. The van der Waals surface area contributed by atoms with Gasteiger partial charge in [-0.25, -0.2) is 0 Å². The Morgan fingerprint density at radius 2 is 1.64 bits per heavy atom. The molecule has 0 saturated heterocycles. The summed E-state index contributed by atoms with van der Waals surface area (Å²) in [6, 6.07) is 0. The molecule has 0 aliphatic heterocycles. The molecule has 1 amide bonds. The number of rotatable bonds is 3. The van der Waals surface area contributed by atoms with Gasteiger partial charge < -0.3 is 10.0 Å². The summed E-state index contributed by atoms with van der Waals surface area (Å²) in [5.41, 5.74) is -0.473. The van der Waals surface area contributed by atoms with E-state index in [-0.39, 0.29) is 17.9 Å². The lowest BCUT2D eigenvalue weighted by Crippen LogP contribution is -2.48. The SMILES string of the molecule is CN(C(=O)CC(C)(C)C)C(C)(C)CO. The second-order valence-corrected chi connectivity index (χ2v) is 5.66. The van der Waals surface area contributed by atoms with Crippen LogP contribution in [0.4, 0.5) is 0 Å². The molecule has 84 valence electrons. The summed E-state index contributed by atoms with van der Waals surface area (Å²) in [6.07, 6.45) is 0.507. The molecule has 0 unspecified atom stereocenters. The van der Waals surface area contributed by atoms with Crippen LogP contribution in [0.25, 0.3) is 0 Å². The Labute approximate surface area is 87.1 Å². The Balaban J connectivity index is 4.41. The number of hydrogen-bond donors (Lipinski definition) is 1. The van der Waals surface area contributed by atoms with Gasteiger partial charge >= 0.3 is 0 Å². The third kappa shape index (κ3) is 4.09. The topological polar surface area (TPSA) is 40.5 Å². The number of carbonyl (C=O) groups excluding carboxylic acids is 1. The van der Waals surface area contributed by atoms with Gasteiger partial charge in [0.2, 0.25) is 5.91 Å². The zero-order valence-electron chi connectivity index (χ0n) is 10.2. The first-order valence-electron chi connectivity index (χ1n) is 4.98. The summed E-state index contributed by atoms with van der Waals surface area (Å²) >= 11 is 0. The molecular formula is C11H23NO2. The Morgan fingerprint density at radius 1 is 1.21 bits per heavy atom. The fourth-order valence-electron chi connectivity index (χ4n) is 1.02. The molecule has 0 radical (unpaired) electrons. The highest BCUT2D eigenvalue weighted by Gasteiger charge is 2.28. The smallest absolute Gasteiger partial charge is 0.223 e. The first kappa shape index (κ1) is 13.4. The second-order valence-electron chi connectivity index (χ2n) is 5.66. The average molecular weight is 201 g/mol. The van der Waals surface area contributed by atoms with Gasteiger partial charge in [0, 0.05) is 13.5 Å². The van der Waals surface area contributed by atoms with Crippen LogP contribution in [0.3, 0.4) is 0 Å². The molecule has 0 fully saturated rings. The predicted octanol–water partition coefficient (Wildman–Crippen LogP) is 1.65. The second kappa shape index (κ2) is 4.30. The fraction of sp³-hybridized carbons (Fsp3) is 0.909. The van der Waals surface area contributed by atoms with E-state index in [0.29, 0.717) is 6.42 Å². The van der Waals surface area contributed by atoms with Crippen molar-refractivity contribution in [3.63, 3.8) is 0 Å². The molecule has 14 heavy (non-hydrogen) atoms. The van der Waals surface area contributed by atoms with Crippen LogP contribution in [0.15, 0.2) is 0 Å². The van der Waals surface area contributed by atoms with Gasteiger partial charge in [-0.1, -0.05) is 20.8 Å². The molecule has 0 rings (SSSR count). The Bertz CT molecular complexity index is 204. The summed E-state index contributed by atoms with van der Waals surface area (Å²) < 4.78 is 0. The predicted molar refractivity (Wildman–Crippen MR) is 58.0 cm³/mol. The van der Waals surface area contributed by atoms with Crippen molar-refractivity contribution in [2.24, 2.45) is 5.41 Å². The molecule has 0 aromatic rings. The number of nitrogens with zero attached hydrogens (tertiary/aromatic N) is 1. The lowest BCUT2D eigenvalue weighted by molar-refractivity contribution is -0.137. The van der Waals surface area contributed by atoms with Crippen molar-refractivity contribution in [1.29, 1.82) is 0 Å². The number of amides is 1. The largest absolute Gasteiger partial charge is 0.394 e. The number of aliphatic hydroxyl groups excluding tert-OH is 1. The Kier molecular flexibility index (Phi) is 4.13. The van der Waals surface area contributed by atoms with Crippen molar-refractivity contribution in [2.75, 3.05) is 13.7 Å². The van der Waals surface area contributed by atoms with Gasteiger partial charge in [0.15, 0.2) is 0 Å². The molecule has 0 aliphatic carbocycles. The van der Waals surface area contributed by atoms with Crippen LogP contribution in [-0.4, -0.2) is 35.1 Å². The minimum absolute atomic E-state index is 0.00310. The van der Waals surface area contributed by atoms with Gasteiger partial charge in [-0.3, -0.25) is 4.79 Å². The number of likely N-dealkylation sites (N-methyl/N-ethyl adjacent to an activating group) is 1. The highest BCUT2D eigenvalue weighted by atomic mass is 16.3. The van der Waals surface area contributed by atoms with Gasteiger partial charge in [-0.2, -0.15) is 0 Å². The molecule has 0 bridgehead atoms. The van der Waals surface area contributed by atoms with E-state index in [2.05, 4.69) is 0 Å². The first-order chi connectivity index (χ1) is 6.10. The molecule has 3 heteroatoms. The van der Waals surface area contributed by atoms with Crippen molar-refractivity contribution in [1.82, 2.24) is 4.90 Å². The van der Waals surface area contributed by atoms with E-state index in [4.69, 9.17) is 5.11 Å². The normalized spacial score (nSPS) is 12.8. The third-order valence-electron chi connectivity index (χ3n) is 2.35. The fourth-order valence-corrected chi connectivity index (χ4v) is 1.02. The van der Waals surface area contributed by atoms with E-state index in [1.54, 1.807) is 11.9 Å². The van der Waals surface area contributed by atoms with Crippen LogP contribution < -0.4 is 0 Å². The van der Waals surface area contributed by atoms with E-state index in [1.165, 1.54) is 0 Å². The average Bonchev–Trinajstić information content (AvgIpc) is 2.00. The van der Waals surface area contributed by atoms with Crippen LogP contribution in [0.1, 0.15) is 41.0 Å². The van der Waals surface area contributed by atoms with Crippen molar-refractivity contribution in [3.05, 3.63) is 0 Å². The van der Waals surface area contributed by atoms with Gasteiger partial charge in [-0.15, -0.1) is 0 Å². The Morgan fingerprint density at radius 3 is 1.93 bits per heavy atom. The van der Waals surface area contributed by atoms with Crippen LogP contribution in [-0.2, 0) is 4.79 Å². The molecular weight excluding hydrogens is 178 g/mol. The Hall–Kier alpha value is -0.570. The number of hydrogen-bond acceptors (Lipinski definition) is 2. The molecule has 0 aromatic carbocycles. The van der Waals surface area contributed by atoms with Crippen molar-refractivity contribution >= 4 is 5.91 Å². The van der Waals surface area contributed by atoms with Crippen molar-refractivity contribution in [3.8, 4) is 0 Å². The standard InChI is InChI=1S/C11H23NO2/c1-10(2,3)7-9(14)12(6)11(4,5)8-13/h13H,7-8H2,1-6H3. The van der Waals surface area contributed by atoms with Crippen LogP contribution >= 0.6 is 0 Å². The van der Waals surface area contributed by atoms with Crippen LogP contribution in [0.2, 0.25) is 0 Å².